The minimum atomic E-state index is -4.40. The fourth-order valence-corrected chi connectivity index (χ4v) is 1.50. The van der Waals surface area contributed by atoms with Crippen molar-refractivity contribution in [3.63, 3.8) is 0 Å². The summed E-state index contributed by atoms with van der Waals surface area (Å²) in [5, 5.41) is 0. The third-order valence-electron chi connectivity index (χ3n) is 2.57. The van der Waals surface area contributed by atoms with Gasteiger partial charge in [-0.2, -0.15) is 13.2 Å². The van der Waals surface area contributed by atoms with Crippen molar-refractivity contribution in [3.05, 3.63) is 29.3 Å². The number of alkyl halides is 3. The van der Waals surface area contributed by atoms with Crippen LogP contribution >= 0.6 is 0 Å². The van der Waals surface area contributed by atoms with E-state index < -0.39 is 18.6 Å². The van der Waals surface area contributed by atoms with Crippen LogP contribution in [0.3, 0.4) is 0 Å². The van der Waals surface area contributed by atoms with Crippen LogP contribution in [-0.4, -0.2) is 30.1 Å². The van der Waals surface area contributed by atoms with Crippen molar-refractivity contribution < 1.29 is 18.0 Å². The molecule has 0 aromatic heterocycles. The van der Waals surface area contributed by atoms with Gasteiger partial charge in [0.2, 0.25) is 0 Å². The Balaban J connectivity index is 2.93. The Labute approximate surface area is 103 Å². The van der Waals surface area contributed by atoms with Crippen molar-refractivity contribution in [1.82, 2.24) is 4.90 Å². The minimum Gasteiger partial charge on any atom is -0.398 e. The molecule has 0 saturated heterocycles. The highest BCUT2D eigenvalue weighted by molar-refractivity contribution is 5.95. The molecule has 1 aromatic rings. The van der Waals surface area contributed by atoms with Crippen LogP contribution in [-0.2, 0) is 0 Å². The summed E-state index contributed by atoms with van der Waals surface area (Å²) in [7, 11) is 0. The average Bonchev–Trinajstić information content (AvgIpc) is 2.27. The first-order chi connectivity index (χ1) is 8.24. The third-order valence-corrected chi connectivity index (χ3v) is 2.57. The number of nitrogens with zero attached hydrogens (tertiary/aromatic N) is 1. The Hall–Kier alpha value is -1.72. The topological polar surface area (TPSA) is 46.3 Å². The number of nitrogens with two attached hydrogens (primary N) is 1. The minimum absolute atomic E-state index is 0.00781. The zero-order valence-electron chi connectivity index (χ0n) is 10.2. The molecule has 0 fully saturated rings. The van der Waals surface area contributed by atoms with Gasteiger partial charge in [0, 0.05) is 17.8 Å². The second-order valence-electron chi connectivity index (χ2n) is 4.01. The van der Waals surface area contributed by atoms with Crippen LogP contribution in [0, 0.1) is 6.92 Å². The second-order valence-corrected chi connectivity index (χ2v) is 4.01. The number of aryl methyl sites for hydroxylation is 1. The molecule has 6 heteroatoms. The van der Waals surface area contributed by atoms with Gasteiger partial charge >= 0.3 is 6.18 Å². The smallest absolute Gasteiger partial charge is 0.398 e. The molecule has 0 radical (unpaired) electrons. The molecule has 0 aliphatic carbocycles. The average molecular weight is 260 g/mol. The van der Waals surface area contributed by atoms with E-state index >= 15 is 0 Å². The lowest BCUT2D eigenvalue weighted by atomic mass is 10.1. The third kappa shape index (κ3) is 3.65. The summed E-state index contributed by atoms with van der Waals surface area (Å²) in [6.07, 6.45) is -4.40. The predicted molar refractivity (Wildman–Crippen MR) is 63.2 cm³/mol. The SMILES string of the molecule is CCN(CC(F)(F)F)C(=O)c1ccc(C)c(N)c1. The number of halogens is 3. The molecule has 0 bridgehead atoms. The van der Waals surface area contributed by atoms with Crippen molar-refractivity contribution in [2.24, 2.45) is 0 Å². The van der Waals surface area contributed by atoms with Crippen LogP contribution in [0.5, 0.6) is 0 Å². The van der Waals surface area contributed by atoms with Crippen LogP contribution in [0.15, 0.2) is 18.2 Å². The number of rotatable bonds is 3. The molecule has 3 nitrogen and oxygen atoms in total. The van der Waals surface area contributed by atoms with E-state index in [9.17, 15) is 18.0 Å². The van der Waals surface area contributed by atoms with Gasteiger partial charge in [-0.15, -0.1) is 0 Å². The maximum absolute atomic E-state index is 12.3. The van der Waals surface area contributed by atoms with Crippen molar-refractivity contribution in [1.29, 1.82) is 0 Å². The summed E-state index contributed by atoms with van der Waals surface area (Å²) in [5.41, 5.74) is 6.98. The first-order valence-corrected chi connectivity index (χ1v) is 5.46. The number of anilines is 1. The summed E-state index contributed by atoms with van der Waals surface area (Å²) >= 11 is 0. The maximum Gasteiger partial charge on any atom is 0.406 e. The first-order valence-electron chi connectivity index (χ1n) is 5.46. The quantitative estimate of drug-likeness (QED) is 0.849. The van der Waals surface area contributed by atoms with E-state index in [-0.39, 0.29) is 12.1 Å². The summed E-state index contributed by atoms with van der Waals surface area (Å²) in [4.78, 5) is 12.6. The van der Waals surface area contributed by atoms with E-state index in [2.05, 4.69) is 0 Å². The Bertz CT molecular complexity index is 443. The van der Waals surface area contributed by atoms with Gasteiger partial charge in [0.25, 0.3) is 5.91 Å². The Morgan fingerprint density at radius 1 is 1.39 bits per heavy atom. The van der Waals surface area contributed by atoms with E-state index in [4.69, 9.17) is 5.73 Å². The normalized spacial score (nSPS) is 11.4. The number of carbonyl (C=O) groups is 1. The van der Waals surface area contributed by atoms with Gasteiger partial charge in [-0.05, 0) is 31.5 Å². The van der Waals surface area contributed by atoms with Gasteiger partial charge in [0.1, 0.15) is 6.54 Å². The molecular formula is C12H15F3N2O. The number of hydrogen-bond acceptors (Lipinski definition) is 2. The van der Waals surface area contributed by atoms with Crippen LogP contribution in [0.2, 0.25) is 0 Å². The lowest BCUT2D eigenvalue weighted by Crippen LogP contribution is -2.38. The predicted octanol–water partition coefficient (Wildman–Crippen LogP) is 2.60. The highest BCUT2D eigenvalue weighted by Crippen LogP contribution is 2.19. The molecule has 1 aromatic carbocycles. The lowest BCUT2D eigenvalue weighted by molar-refractivity contribution is -0.140. The zero-order chi connectivity index (χ0) is 13.9. The standard InChI is InChI=1S/C12H15F3N2O/c1-3-17(7-12(13,14)15)11(18)9-5-4-8(2)10(16)6-9/h4-6H,3,7,16H2,1-2H3. The molecule has 0 spiro atoms. The van der Waals surface area contributed by atoms with Crippen LogP contribution < -0.4 is 5.73 Å². The van der Waals surface area contributed by atoms with Gasteiger partial charge < -0.3 is 10.6 Å². The zero-order valence-corrected chi connectivity index (χ0v) is 10.2. The highest BCUT2D eigenvalue weighted by Gasteiger charge is 2.32. The van der Waals surface area contributed by atoms with Crippen LogP contribution in [0.1, 0.15) is 22.8 Å². The molecule has 18 heavy (non-hydrogen) atoms. The molecule has 0 heterocycles. The number of nitrogen functional groups attached to an aromatic ring is 1. The van der Waals surface area contributed by atoms with E-state index in [0.717, 1.165) is 10.5 Å². The molecule has 100 valence electrons. The van der Waals surface area contributed by atoms with Crippen molar-refractivity contribution in [2.45, 2.75) is 20.0 Å². The number of benzene rings is 1. The fraction of sp³-hybridized carbons (Fsp3) is 0.417. The fourth-order valence-electron chi connectivity index (χ4n) is 1.50. The van der Waals surface area contributed by atoms with Gasteiger partial charge in [0.05, 0.1) is 0 Å². The van der Waals surface area contributed by atoms with E-state index in [0.29, 0.717) is 5.69 Å². The van der Waals surface area contributed by atoms with Gasteiger partial charge in [-0.25, -0.2) is 0 Å². The summed E-state index contributed by atoms with van der Waals surface area (Å²) in [6, 6.07) is 4.49. The molecule has 0 atom stereocenters. The van der Waals surface area contributed by atoms with Crippen molar-refractivity contribution >= 4 is 11.6 Å². The summed E-state index contributed by atoms with van der Waals surface area (Å²) in [5.74, 6) is -0.665. The van der Waals surface area contributed by atoms with E-state index in [1.165, 1.54) is 19.1 Å². The van der Waals surface area contributed by atoms with Crippen molar-refractivity contribution in [3.8, 4) is 0 Å². The van der Waals surface area contributed by atoms with Crippen molar-refractivity contribution in [2.75, 3.05) is 18.8 Å². The van der Waals surface area contributed by atoms with E-state index in [1.807, 2.05) is 0 Å². The lowest BCUT2D eigenvalue weighted by Gasteiger charge is -2.22. The van der Waals surface area contributed by atoms with Gasteiger partial charge in [-0.1, -0.05) is 6.07 Å². The Kier molecular flexibility index (Phi) is 4.21. The highest BCUT2D eigenvalue weighted by atomic mass is 19.4. The molecular weight excluding hydrogens is 245 g/mol. The van der Waals surface area contributed by atoms with Gasteiger partial charge in [0.15, 0.2) is 0 Å². The molecule has 1 rings (SSSR count). The number of hydrogen-bond donors (Lipinski definition) is 1. The largest absolute Gasteiger partial charge is 0.406 e. The first kappa shape index (κ1) is 14.3. The van der Waals surface area contributed by atoms with E-state index in [1.54, 1.807) is 13.0 Å². The Morgan fingerprint density at radius 2 is 2.00 bits per heavy atom. The van der Waals surface area contributed by atoms with Crippen LogP contribution in [0.4, 0.5) is 18.9 Å². The number of amides is 1. The van der Waals surface area contributed by atoms with Crippen LogP contribution in [0.25, 0.3) is 0 Å². The second kappa shape index (κ2) is 5.29. The molecule has 0 unspecified atom stereocenters. The maximum atomic E-state index is 12.3. The molecule has 0 aliphatic rings. The molecule has 0 aliphatic heterocycles. The molecule has 0 saturated carbocycles. The molecule has 1 amide bonds. The monoisotopic (exact) mass is 260 g/mol. The summed E-state index contributed by atoms with van der Waals surface area (Å²) < 4.78 is 36.9. The Morgan fingerprint density at radius 3 is 2.44 bits per heavy atom. The number of carbonyl (C=O) groups excluding carboxylic acids is 1. The van der Waals surface area contributed by atoms with Gasteiger partial charge in [-0.3, -0.25) is 4.79 Å². The molecule has 2 N–H and O–H groups in total. The summed E-state index contributed by atoms with van der Waals surface area (Å²) in [6.45, 7) is 2.00.